The van der Waals surface area contributed by atoms with Crippen LogP contribution in [0.2, 0.25) is 0 Å². The van der Waals surface area contributed by atoms with E-state index < -0.39 is 11.6 Å². The molecule has 1 aromatic rings. The van der Waals surface area contributed by atoms with Gasteiger partial charge in [0.05, 0.1) is 0 Å². The largest absolute Gasteiger partial charge is 0.486 e. The molecule has 4 amide bonds. The van der Waals surface area contributed by atoms with Crippen molar-refractivity contribution in [1.82, 2.24) is 20.7 Å². The average Bonchev–Trinajstić information content (AvgIpc) is 3.00. The van der Waals surface area contributed by atoms with Gasteiger partial charge in [0, 0.05) is 19.5 Å². The van der Waals surface area contributed by atoms with Gasteiger partial charge in [0.15, 0.2) is 11.5 Å². The quantitative estimate of drug-likeness (QED) is 0.640. The van der Waals surface area contributed by atoms with Crippen LogP contribution >= 0.6 is 0 Å². The predicted molar refractivity (Wildman–Crippen MR) is 112 cm³/mol. The van der Waals surface area contributed by atoms with Gasteiger partial charge in [0.25, 0.3) is 5.91 Å². The fourth-order valence-electron chi connectivity index (χ4n) is 4.48. The fraction of sp³-hybridized carbons (Fsp3) is 0.591. The van der Waals surface area contributed by atoms with E-state index in [2.05, 4.69) is 15.6 Å². The lowest BCUT2D eigenvalue weighted by Gasteiger charge is -2.31. The van der Waals surface area contributed by atoms with E-state index in [1.165, 1.54) is 0 Å². The number of nitrogens with one attached hydrogen (secondary N) is 2. The lowest BCUT2D eigenvalue weighted by atomic mass is 9.82. The number of imide groups is 1. The van der Waals surface area contributed by atoms with E-state index in [-0.39, 0.29) is 24.3 Å². The van der Waals surface area contributed by atoms with Crippen molar-refractivity contribution in [2.24, 2.45) is 0 Å². The molecule has 4 rings (SSSR count). The first-order chi connectivity index (χ1) is 15.0. The average molecular weight is 431 g/mol. The zero-order valence-corrected chi connectivity index (χ0v) is 17.9. The molecule has 0 radical (unpaired) electrons. The van der Waals surface area contributed by atoms with Crippen LogP contribution in [0.5, 0.6) is 11.5 Å². The number of hydrogen-bond donors (Lipinski definition) is 2. The maximum atomic E-state index is 12.8. The Labute approximate surface area is 182 Å². The molecule has 2 heterocycles. The van der Waals surface area contributed by atoms with Gasteiger partial charge in [0.2, 0.25) is 5.91 Å². The van der Waals surface area contributed by atoms with Crippen molar-refractivity contribution in [3.05, 3.63) is 24.3 Å². The van der Waals surface area contributed by atoms with Gasteiger partial charge in [-0.3, -0.25) is 19.9 Å². The molecule has 168 valence electrons. The molecule has 1 saturated heterocycles. The monoisotopic (exact) mass is 430 g/mol. The van der Waals surface area contributed by atoms with E-state index in [9.17, 15) is 14.4 Å². The second-order valence-corrected chi connectivity index (χ2v) is 8.39. The highest BCUT2D eigenvalue weighted by Gasteiger charge is 2.52. The molecule has 3 aliphatic rings. The van der Waals surface area contributed by atoms with Gasteiger partial charge < -0.3 is 14.8 Å². The van der Waals surface area contributed by atoms with Crippen LogP contribution in [-0.2, 0) is 9.59 Å². The molecule has 1 aliphatic carbocycles. The Morgan fingerprint density at radius 2 is 1.97 bits per heavy atom. The molecule has 1 spiro atoms. The van der Waals surface area contributed by atoms with Crippen LogP contribution in [0.25, 0.3) is 0 Å². The van der Waals surface area contributed by atoms with E-state index in [4.69, 9.17) is 9.47 Å². The first-order valence-corrected chi connectivity index (χ1v) is 11.1. The molecule has 1 atom stereocenters. The van der Waals surface area contributed by atoms with Crippen LogP contribution in [0.15, 0.2) is 24.3 Å². The molecular formula is C22H30N4O5. The summed E-state index contributed by atoms with van der Waals surface area (Å²) in [6.45, 7) is 4.30. The van der Waals surface area contributed by atoms with Gasteiger partial charge in [-0.1, -0.05) is 38.3 Å². The van der Waals surface area contributed by atoms with Gasteiger partial charge in [-0.15, -0.1) is 0 Å². The number of carbonyl (C=O) groups excluding carboxylic acids is 3. The number of likely N-dealkylation sites (N-methyl/N-ethyl adjacent to an activating group) is 1. The van der Waals surface area contributed by atoms with Crippen molar-refractivity contribution in [2.45, 2.75) is 57.1 Å². The maximum Gasteiger partial charge on any atom is 0.344 e. The number of benzene rings is 1. The van der Waals surface area contributed by atoms with Crippen LogP contribution in [0.1, 0.15) is 45.4 Å². The number of carbonyl (C=O) groups is 3. The van der Waals surface area contributed by atoms with Gasteiger partial charge in [-0.05, 0) is 31.5 Å². The highest BCUT2D eigenvalue weighted by atomic mass is 16.6. The Hall–Kier alpha value is -2.81. The van der Waals surface area contributed by atoms with E-state index in [1.54, 1.807) is 0 Å². The highest BCUT2D eigenvalue weighted by molar-refractivity contribution is 6.08. The number of para-hydroxylation sites is 2. The summed E-state index contributed by atoms with van der Waals surface area (Å²) in [6.07, 6.45) is 4.15. The van der Waals surface area contributed by atoms with Crippen LogP contribution < -0.4 is 20.2 Å². The van der Waals surface area contributed by atoms with Crippen LogP contribution in [0.4, 0.5) is 4.79 Å². The molecule has 1 unspecified atom stereocenters. The standard InChI is InChI=1S/C22H30N4O5/c1-2-25(14-16-15-30-17-8-4-5-9-18(17)31-16)13-10-19(27)24-26-20(28)22(23-21(26)29)11-6-3-7-12-22/h4-5,8-9,16H,2-3,6-7,10-15H2,1H3,(H,23,29)(H,24,27). The number of hydrogen-bond acceptors (Lipinski definition) is 6. The Bertz CT molecular complexity index is 839. The summed E-state index contributed by atoms with van der Waals surface area (Å²) >= 11 is 0. The fourth-order valence-corrected chi connectivity index (χ4v) is 4.48. The Morgan fingerprint density at radius 3 is 2.71 bits per heavy atom. The number of hydrazine groups is 1. The smallest absolute Gasteiger partial charge is 0.344 e. The third kappa shape index (κ3) is 4.61. The van der Waals surface area contributed by atoms with E-state index in [1.807, 2.05) is 31.2 Å². The first kappa shape index (κ1) is 21.4. The minimum Gasteiger partial charge on any atom is -0.486 e. The molecule has 0 bridgehead atoms. The summed E-state index contributed by atoms with van der Waals surface area (Å²) in [7, 11) is 0. The lowest BCUT2D eigenvalue weighted by molar-refractivity contribution is -0.140. The number of rotatable bonds is 7. The topological polar surface area (TPSA) is 100 Å². The van der Waals surface area contributed by atoms with E-state index >= 15 is 0 Å². The van der Waals surface area contributed by atoms with E-state index in [0.717, 1.165) is 42.3 Å². The molecule has 31 heavy (non-hydrogen) atoms. The molecule has 9 nitrogen and oxygen atoms in total. The summed E-state index contributed by atoms with van der Waals surface area (Å²) in [6, 6.07) is 7.02. The molecule has 9 heteroatoms. The number of amides is 4. The summed E-state index contributed by atoms with van der Waals surface area (Å²) < 4.78 is 11.8. The molecule has 1 aromatic carbocycles. The normalized spacial score (nSPS) is 22.0. The molecule has 2 N–H and O–H groups in total. The molecule has 0 aromatic heterocycles. The minimum atomic E-state index is -0.841. The number of urea groups is 1. The Kier molecular flexibility index (Phi) is 6.31. The number of nitrogens with zero attached hydrogens (tertiary/aromatic N) is 2. The van der Waals surface area contributed by atoms with Crippen molar-refractivity contribution in [1.29, 1.82) is 0 Å². The Balaban J connectivity index is 1.26. The summed E-state index contributed by atoms with van der Waals surface area (Å²) in [5, 5.41) is 3.65. The second-order valence-electron chi connectivity index (χ2n) is 8.39. The summed E-state index contributed by atoms with van der Waals surface area (Å²) in [4.78, 5) is 39.6. The van der Waals surface area contributed by atoms with Crippen molar-refractivity contribution in [3.63, 3.8) is 0 Å². The molecule has 2 aliphatic heterocycles. The van der Waals surface area contributed by atoms with Crippen molar-refractivity contribution in [2.75, 3.05) is 26.2 Å². The summed E-state index contributed by atoms with van der Waals surface area (Å²) in [5.74, 6) is 0.763. The lowest BCUT2D eigenvalue weighted by Crippen LogP contribution is -2.51. The first-order valence-electron chi connectivity index (χ1n) is 11.1. The third-order valence-corrected chi connectivity index (χ3v) is 6.24. The van der Waals surface area contributed by atoms with Crippen LogP contribution in [-0.4, -0.2) is 65.6 Å². The van der Waals surface area contributed by atoms with Crippen molar-refractivity contribution >= 4 is 17.8 Å². The Morgan fingerprint density at radius 1 is 1.23 bits per heavy atom. The van der Waals surface area contributed by atoms with Crippen LogP contribution in [0, 0.1) is 0 Å². The van der Waals surface area contributed by atoms with Gasteiger partial charge in [-0.25, -0.2) is 4.79 Å². The zero-order chi connectivity index (χ0) is 21.8. The highest BCUT2D eigenvalue weighted by Crippen LogP contribution is 2.33. The number of ether oxygens (including phenoxy) is 2. The van der Waals surface area contributed by atoms with Crippen molar-refractivity contribution < 1.29 is 23.9 Å². The third-order valence-electron chi connectivity index (χ3n) is 6.24. The SMILES string of the molecule is CCN(CCC(=O)NN1C(=O)NC2(CCCCC2)C1=O)CC1COc2ccccc2O1. The molecule has 1 saturated carbocycles. The van der Waals surface area contributed by atoms with Gasteiger partial charge in [-0.2, -0.15) is 5.01 Å². The minimum absolute atomic E-state index is 0.130. The second kappa shape index (κ2) is 9.13. The molecular weight excluding hydrogens is 400 g/mol. The van der Waals surface area contributed by atoms with E-state index in [0.29, 0.717) is 32.5 Å². The zero-order valence-electron chi connectivity index (χ0n) is 17.9. The maximum absolute atomic E-state index is 12.8. The predicted octanol–water partition coefficient (Wildman–Crippen LogP) is 1.82. The number of fused-ring (bicyclic) bond motifs is 1. The summed E-state index contributed by atoms with van der Waals surface area (Å²) in [5.41, 5.74) is 1.66. The van der Waals surface area contributed by atoms with Gasteiger partial charge >= 0.3 is 6.03 Å². The molecule has 2 fully saturated rings. The van der Waals surface area contributed by atoms with Crippen molar-refractivity contribution in [3.8, 4) is 11.5 Å². The van der Waals surface area contributed by atoms with Gasteiger partial charge in [0.1, 0.15) is 18.2 Å². The van der Waals surface area contributed by atoms with Crippen LogP contribution in [0.3, 0.4) is 0 Å².